The molecule has 1 atom stereocenters. The molecule has 0 aliphatic carbocycles. The second kappa shape index (κ2) is 4.91. The van der Waals surface area contributed by atoms with Crippen molar-refractivity contribution < 1.29 is 14.4 Å². The Hall–Kier alpha value is -2.31. The van der Waals surface area contributed by atoms with Gasteiger partial charge in [-0.05, 0) is 12.5 Å². The highest BCUT2D eigenvalue weighted by Crippen LogP contribution is 2.21. The lowest BCUT2D eigenvalue weighted by molar-refractivity contribution is -0.134. The Labute approximate surface area is 102 Å². The summed E-state index contributed by atoms with van der Waals surface area (Å²) in [6, 6.07) is 1.45. The number of amides is 2. The predicted molar refractivity (Wildman–Crippen MR) is 59.7 cm³/mol. The quantitative estimate of drug-likeness (QED) is 0.545. The number of hydrogen-bond donors (Lipinski definition) is 1. The van der Waals surface area contributed by atoms with E-state index in [1.807, 2.05) is 0 Å². The van der Waals surface area contributed by atoms with Crippen molar-refractivity contribution >= 4 is 18.1 Å². The Kier molecular flexibility index (Phi) is 3.31. The summed E-state index contributed by atoms with van der Waals surface area (Å²) in [6.45, 7) is -0.153. The Balaban J connectivity index is 2.36. The molecule has 1 aliphatic heterocycles. The molecule has 1 unspecified atom stereocenters. The lowest BCUT2D eigenvalue weighted by atomic mass is 9.92. The molecule has 2 rings (SSSR count). The van der Waals surface area contributed by atoms with Crippen LogP contribution in [0.25, 0.3) is 0 Å². The first kappa shape index (κ1) is 12.2. The van der Waals surface area contributed by atoms with Crippen molar-refractivity contribution in [2.75, 3.05) is 0 Å². The van der Waals surface area contributed by atoms with Crippen molar-refractivity contribution in [3.8, 4) is 0 Å². The van der Waals surface area contributed by atoms with Crippen LogP contribution in [0.15, 0.2) is 17.1 Å². The number of aldehydes is 1. The summed E-state index contributed by atoms with van der Waals surface area (Å²) in [7, 11) is 0. The van der Waals surface area contributed by atoms with E-state index in [4.69, 9.17) is 0 Å². The van der Waals surface area contributed by atoms with Gasteiger partial charge in [0.2, 0.25) is 11.8 Å². The molecule has 7 heteroatoms. The minimum atomic E-state index is -0.656. The van der Waals surface area contributed by atoms with Crippen LogP contribution in [0, 0.1) is 0 Å². The fraction of sp³-hybridized carbons (Fsp3) is 0.364. The Morgan fingerprint density at radius 2 is 2.22 bits per heavy atom. The highest BCUT2D eigenvalue weighted by atomic mass is 16.2. The van der Waals surface area contributed by atoms with Crippen molar-refractivity contribution in [3.63, 3.8) is 0 Å². The number of carbonyl (C=O) groups excluding carboxylic acids is 3. The van der Waals surface area contributed by atoms with Gasteiger partial charge in [-0.2, -0.15) is 5.10 Å². The average Bonchev–Trinajstić information content (AvgIpc) is 2.33. The van der Waals surface area contributed by atoms with Crippen molar-refractivity contribution in [1.29, 1.82) is 0 Å². The number of nitrogens with one attached hydrogen (secondary N) is 1. The molecule has 1 fully saturated rings. The Morgan fingerprint density at radius 3 is 2.89 bits per heavy atom. The molecule has 1 saturated heterocycles. The van der Waals surface area contributed by atoms with Gasteiger partial charge in [0.1, 0.15) is 12.8 Å². The number of piperidine rings is 1. The first-order valence-electron chi connectivity index (χ1n) is 5.47. The number of imide groups is 1. The fourth-order valence-corrected chi connectivity index (χ4v) is 1.92. The van der Waals surface area contributed by atoms with E-state index in [1.165, 1.54) is 12.3 Å². The summed E-state index contributed by atoms with van der Waals surface area (Å²) < 4.78 is 0.992. The maximum Gasteiger partial charge on any atom is 0.271 e. The molecule has 0 bridgehead atoms. The molecule has 2 heterocycles. The van der Waals surface area contributed by atoms with E-state index in [0.717, 1.165) is 4.68 Å². The van der Waals surface area contributed by atoms with Gasteiger partial charge in [-0.1, -0.05) is 0 Å². The molecule has 0 spiro atoms. The third-order valence-electron chi connectivity index (χ3n) is 2.80. The van der Waals surface area contributed by atoms with E-state index < -0.39 is 17.4 Å². The van der Waals surface area contributed by atoms with Crippen LogP contribution in [-0.2, 0) is 20.9 Å². The average molecular weight is 249 g/mol. The van der Waals surface area contributed by atoms with Crippen molar-refractivity contribution in [1.82, 2.24) is 15.1 Å². The number of hydrogen-bond acceptors (Lipinski definition) is 5. The Morgan fingerprint density at radius 1 is 1.44 bits per heavy atom. The lowest BCUT2D eigenvalue weighted by Gasteiger charge is -2.20. The fourth-order valence-electron chi connectivity index (χ4n) is 1.92. The number of aromatic nitrogens is 2. The van der Waals surface area contributed by atoms with Gasteiger partial charge in [0.15, 0.2) is 0 Å². The summed E-state index contributed by atoms with van der Waals surface area (Å²) >= 11 is 0. The SMILES string of the molecule is O=CCn1nccc(C2CCC(=O)NC2=O)c1=O. The minimum Gasteiger partial charge on any atom is -0.301 e. The van der Waals surface area contributed by atoms with Crippen LogP contribution in [0.5, 0.6) is 0 Å². The molecule has 94 valence electrons. The molecule has 0 saturated carbocycles. The summed E-state index contributed by atoms with van der Waals surface area (Å²) in [6.07, 6.45) is 2.42. The van der Waals surface area contributed by atoms with Gasteiger partial charge >= 0.3 is 0 Å². The number of carbonyl (C=O) groups is 3. The lowest BCUT2D eigenvalue weighted by Crippen LogP contribution is -2.42. The van der Waals surface area contributed by atoms with Crippen LogP contribution in [-0.4, -0.2) is 27.9 Å². The van der Waals surface area contributed by atoms with Gasteiger partial charge < -0.3 is 4.79 Å². The van der Waals surface area contributed by atoms with Gasteiger partial charge in [0.05, 0.1) is 5.92 Å². The van der Waals surface area contributed by atoms with Gasteiger partial charge in [-0.15, -0.1) is 0 Å². The minimum absolute atomic E-state index is 0.153. The topological polar surface area (TPSA) is 98.1 Å². The van der Waals surface area contributed by atoms with Crippen LogP contribution in [0.2, 0.25) is 0 Å². The largest absolute Gasteiger partial charge is 0.301 e. The van der Waals surface area contributed by atoms with Crippen molar-refractivity contribution in [2.24, 2.45) is 0 Å². The van der Waals surface area contributed by atoms with E-state index in [2.05, 4.69) is 10.4 Å². The van der Waals surface area contributed by atoms with Crippen LogP contribution < -0.4 is 10.9 Å². The van der Waals surface area contributed by atoms with Crippen LogP contribution in [0.4, 0.5) is 0 Å². The van der Waals surface area contributed by atoms with Crippen LogP contribution in [0.1, 0.15) is 24.3 Å². The molecule has 18 heavy (non-hydrogen) atoms. The second-order valence-electron chi connectivity index (χ2n) is 3.94. The molecule has 2 amide bonds. The Bertz CT molecular complexity index is 564. The molecular formula is C11H11N3O4. The molecule has 0 aromatic carbocycles. The highest BCUT2D eigenvalue weighted by molar-refractivity contribution is 6.00. The van der Waals surface area contributed by atoms with E-state index in [-0.39, 0.29) is 24.4 Å². The van der Waals surface area contributed by atoms with Gasteiger partial charge in [-0.25, -0.2) is 4.68 Å². The van der Waals surface area contributed by atoms with E-state index >= 15 is 0 Å². The monoisotopic (exact) mass is 249 g/mol. The zero-order valence-corrected chi connectivity index (χ0v) is 9.46. The third-order valence-corrected chi connectivity index (χ3v) is 2.80. The van der Waals surface area contributed by atoms with Gasteiger partial charge in [0, 0.05) is 18.2 Å². The molecule has 0 radical (unpaired) electrons. The van der Waals surface area contributed by atoms with Gasteiger partial charge in [-0.3, -0.25) is 19.7 Å². The molecule has 1 aliphatic rings. The van der Waals surface area contributed by atoms with Crippen LogP contribution in [0.3, 0.4) is 0 Å². The highest BCUT2D eigenvalue weighted by Gasteiger charge is 2.30. The first-order valence-corrected chi connectivity index (χ1v) is 5.47. The molecular weight excluding hydrogens is 238 g/mol. The van der Waals surface area contributed by atoms with Gasteiger partial charge in [0.25, 0.3) is 5.56 Å². The second-order valence-corrected chi connectivity index (χ2v) is 3.94. The summed E-state index contributed by atoms with van der Waals surface area (Å²) in [5, 5.41) is 5.93. The van der Waals surface area contributed by atoms with Crippen molar-refractivity contribution in [3.05, 3.63) is 28.2 Å². The van der Waals surface area contributed by atoms with Crippen LogP contribution >= 0.6 is 0 Å². The first-order chi connectivity index (χ1) is 8.63. The zero-order chi connectivity index (χ0) is 13.1. The van der Waals surface area contributed by atoms with E-state index in [1.54, 1.807) is 0 Å². The van der Waals surface area contributed by atoms with E-state index in [9.17, 15) is 19.2 Å². The molecule has 1 aromatic rings. The summed E-state index contributed by atoms with van der Waals surface area (Å²) in [5.74, 6) is -1.47. The zero-order valence-electron chi connectivity index (χ0n) is 9.46. The van der Waals surface area contributed by atoms with E-state index in [0.29, 0.717) is 12.7 Å². The smallest absolute Gasteiger partial charge is 0.271 e. The normalized spacial score (nSPS) is 19.4. The van der Waals surface area contributed by atoms with Crippen molar-refractivity contribution in [2.45, 2.75) is 25.3 Å². The maximum atomic E-state index is 12.0. The number of nitrogens with zero attached hydrogens (tertiary/aromatic N) is 2. The standard InChI is InChI=1S/C11H11N3O4/c15-6-5-14-11(18)8(3-4-12-14)7-1-2-9(16)13-10(7)17/h3-4,6-7H,1-2,5H2,(H,13,16,17). The third kappa shape index (κ3) is 2.20. The molecule has 1 aromatic heterocycles. The molecule has 7 nitrogen and oxygen atoms in total. The number of rotatable bonds is 3. The maximum absolute atomic E-state index is 12.0. The molecule has 1 N–H and O–H groups in total. The summed E-state index contributed by atoms with van der Waals surface area (Å²) in [4.78, 5) is 45.0. The predicted octanol–water partition coefficient (Wildman–Crippen LogP) is -1.04. The summed E-state index contributed by atoms with van der Waals surface area (Å²) in [5.41, 5.74) is -0.212.